The molecular weight excluding hydrogens is 396 g/mol. The molecule has 0 atom stereocenters. The van der Waals surface area contributed by atoms with Gasteiger partial charge in [0, 0.05) is 20.9 Å². The topological polar surface area (TPSA) is 77.8 Å². The summed E-state index contributed by atoms with van der Waals surface area (Å²) < 4.78 is 11.1. The number of thiol groups is 2. The van der Waals surface area contributed by atoms with Gasteiger partial charge in [0.25, 0.3) is 8.07 Å². The third-order valence-electron chi connectivity index (χ3n) is 4.21. The molecule has 0 amide bonds. The molecule has 4 rings (SSSR count). The van der Waals surface area contributed by atoms with Crippen LogP contribution in [0.2, 0.25) is 13.1 Å². The fourth-order valence-corrected chi connectivity index (χ4v) is 4.61. The zero-order valence-corrected chi connectivity index (χ0v) is 17.4. The molecule has 0 saturated carbocycles. The van der Waals surface area contributed by atoms with Gasteiger partial charge in [-0.25, -0.2) is 0 Å². The fraction of sp³-hybridized carbons (Fsp3) is 0.111. The molecule has 0 bridgehead atoms. The van der Waals surface area contributed by atoms with E-state index in [0.29, 0.717) is 22.7 Å². The summed E-state index contributed by atoms with van der Waals surface area (Å²) in [5, 5.41) is 8.23. The second-order valence-electron chi connectivity index (χ2n) is 6.51. The average molecular weight is 413 g/mol. The molecule has 6 nitrogen and oxygen atoms in total. The first-order valence-electron chi connectivity index (χ1n) is 8.22. The van der Waals surface area contributed by atoms with Gasteiger partial charge in [-0.15, -0.1) is 25.3 Å². The Morgan fingerprint density at radius 3 is 1.52 bits per heavy atom. The molecule has 0 aliphatic rings. The summed E-state index contributed by atoms with van der Waals surface area (Å²) in [5.41, 5.74) is 2.67. The summed E-state index contributed by atoms with van der Waals surface area (Å²) in [6.45, 7) is 4.06. The van der Waals surface area contributed by atoms with Crippen molar-refractivity contribution in [3.05, 3.63) is 48.5 Å². The number of hydrogen-bond donors (Lipinski definition) is 2. The number of benzene rings is 2. The van der Waals surface area contributed by atoms with Gasteiger partial charge in [-0.3, -0.25) is 0 Å². The molecule has 2 heterocycles. The first-order chi connectivity index (χ1) is 13.0. The Labute approximate surface area is 167 Å². The average Bonchev–Trinajstić information content (AvgIpc) is 3.33. The number of hydrogen-bond acceptors (Lipinski definition) is 8. The van der Waals surface area contributed by atoms with Crippen LogP contribution in [0, 0.1) is 0 Å². The molecule has 9 heteroatoms. The largest absolute Gasteiger partial charge is 0.344 e. The highest BCUT2D eigenvalue weighted by atomic mass is 32.1. The Balaban J connectivity index is 1.69. The third kappa shape index (κ3) is 3.33. The van der Waals surface area contributed by atoms with E-state index in [1.165, 1.54) is 0 Å². The predicted octanol–water partition coefficient (Wildman–Crippen LogP) is 3.19. The maximum absolute atomic E-state index is 5.56. The zero-order valence-electron chi connectivity index (χ0n) is 14.6. The van der Waals surface area contributed by atoms with E-state index in [0.717, 1.165) is 20.9 Å². The van der Waals surface area contributed by atoms with Crippen LogP contribution in [0.3, 0.4) is 0 Å². The Morgan fingerprint density at radius 1 is 0.704 bits per heavy atom. The van der Waals surface area contributed by atoms with Gasteiger partial charge in [-0.2, -0.15) is 9.97 Å². The molecule has 0 N–H and O–H groups in total. The van der Waals surface area contributed by atoms with Crippen LogP contribution in [-0.2, 0) is 0 Å². The predicted molar refractivity (Wildman–Crippen MR) is 111 cm³/mol. The SMILES string of the molecule is C[Si](C)(c1nc(-c2ccccc2S)no1)c1nc(-c2ccccc2S)no1. The summed E-state index contributed by atoms with van der Waals surface area (Å²) >= 11 is 8.91. The van der Waals surface area contributed by atoms with Crippen molar-refractivity contribution < 1.29 is 9.05 Å². The van der Waals surface area contributed by atoms with Gasteiger partial charge < -0.3 is 9.05 Å². The number of aromatic nitrogens is 4. The van der Waals surface area contributed by atoms with Gasteiger partial charge in [0.15, 0.2) is 0 Å². The maximum Gasteiger partial charge on any atom is 0.257 e. The van der Waals surface area contributed by atoms with Crippen molar-refractivity contribution in [2.45, 2.75) is 22.9 Å². The van der Waals surface area contributed by atoms with Crippen LogP contribution in [0.5, 0.6) is 0 Å². The minimum Gasteiger partial charge on any atom is -0.344 e. The Morgan fingerprint density at radius 2 is 1.11 bits per heavy atom. The molecule has 0 unspecified atom stereocenters. The van der Waals surface area contributed by atoms with Crippen molar-refractivity contribution in [1.82, 2.24) is 20.3 Å². The number of nitrogens with zero attached hydrogens (tertiary/aromatic N) is 4. The van der Waals surface area contributed by atoms with Gasteiger partial charge >= 0.3 is 0 Å². The summed E-state index contributed by atoms with van der Waals surface area (Å²) in [7, 11) is -2.44. The molecule has 2 aromatic carbocycles. The summed E-state index contributed by atoms with van der Waals surface area (Å²) in [5.74, 6) is 0.994. The van der Waals surface area contributed by atoms with Crippen molar-refractivity contribution in [1.29, 1.82) is 0 Å². The lowest BCUT2D eigenvalue weighted by atomic mass is 10.2. The Hall–Kier alpha value is -2.36. The van der Waals surface area contributed by atoms with Crippen molar-refractivity contribution >= 4 is 44.4 Å². The normalized spacial score (nSPS) is 11.7. The van der Waals surface area contributed by atoms with Gasteiger partial charge in [-0.05, 0) is 24.3 Å². The van der Waals surface area contributed by atoms with Crippen LogP contribution in [0.4, 0.5) is 0 Å². The van der Waals surface area contributed by atoms with E-state index in [1.807, 2.05) is 61.6 Å². The molecule has 27 heavy (non-hydrogen) atoms. The van der Waals surface area contributed by atoms with Crippen LogP contribution >= 0.6 is 25.3 Å². The lowest BCUT2D eigenvalue weighted by Crippen LogP contribution is -2.54. The van der Waals surface area contributed by atoms with Gasteiger partial charge in [-0.1, -0.05) is 47.7 Å². The van der Waals surface area contributed by atoms with Crippen molar-refractivity contribution in [2.75, 3.05) is 0 Å². The monoisotopic (exact) mass is 412 g/mol. The smallest absolute Gasteiger partial charge is 0.257 e. The highest BCUT2D eigenvalue weighted by Gasteiger charge is 2.40. The molecule has 0 radical (unpaired) electrons. The van der Waals surface area contributed by atoms with Crippen molar-refractivity contribution in [3.8, 4) is 22.8 Å². The van der Waals surface area contributed by atoms with E-state index in [9.17, 15) is 0 Å². The Bertz CT molecular complexity index is 1020. The highest BCUT2D eigenvalue weighted by Crippen LogP contribution is 2.24. The van der Waals surface area contributed by atoms with E-state index in [4.69, 9.17) is 9.05 Å². The quantitative estimate of drug-likeness (QED) is 0.396. The first kappa shape index (κ1) is 18.0. The van der Waals surface area contributed by atoms with Crippen LogP contribution in [0.15, 0.2) is 67.4 Å². The van der Waals surface area contributed by atoms with Gasteiger partial charge in [0.05, 0.1) is 0 Å². The van der Waals surface area contributed by atoms with E-state index in [2.05, 4.69) is 45.5 Å². The highest BCUT2D eigenvalue weighted by molar-refractivity contribution is 7.80. The summed E-state index contributed by atoms with van der Waals surface area (Å²) in [6.07, 6.45) is 0. The molecule has 0 aliphatic carbocycles. The first-order valence-corrected chi connectivity index (χ1v) is 12.1. The Kier molecular flexibility index (Phi) is 4.66. The molecule has 136 valence electrons. The lowest BCUT2D eigenvalue weighted by molar-refractivity contribution is 0.433. The minimum absolute atomic E-state index is 0.497. The van der Waals surface area contributed by atoms with Crippen LogP contribution in [0.1, 0.15) is 0 Å². The molecule has 0 saturated heterocycles. The zero-order chi connectivity index (χ0) is 19.0. The van der Waals surface area contributed by atoms with E-state index in [1.54, 1.807) is 0 Å². The van der Waals surface area contributed by atoms with E-state index >= 15 is 0 Å². The standard InChI is InChI=1S/C18H16N4O2S2Si/c1-27(2,17-19-15(21-23-17)11-7-3-5-9-13(11)25)18-20-16(22-24-18)12-8-4-6-10-14(12)26/h3-10,25-26H,1-2H3. The van der Waals surface area contributed by atoms with Crippen LogP contribution in [-0.4, -0.2) is 28.4 Å². The van der Waals surface area contributed by atoms with Crippen molar-refractivity contribution in [2.24, 2.45) is 0 Å². The second kappa shape index (κ2) is 6.99. The molecule has 0 spiro atoms. The molecule has 2 aromatic heterocycles. The molecule has 4 aromatic rings. The molecule has 0 fully saturated rings. The fourth-order valence-electron chi connectivity index (χ4n) is 2.59. The third-order valence-corrected chi connectivity index (χ3v) is 7.54. The van der Waals surface area contributed by atoms with E-state index in [-0.39, 0.29) is 0 Å². The van der Waals surface area contributed by atoms with Crippen LogP contribution in [0.25, 0.3) is 22.8 Å². The summed E-state index contributed by atoms with van der Waals surface area (Å²) in [4.78, 5) is 10.7. The lowest BCUT2D eigenvalue weighted by Gasteiger charge is -2.10. The number of rotatable bonds is 4. The van der Waals surface area contributed by atoms with Crippen LogP contribution < -0.4 is 11.0 Å². The van der Waals surface area contributed by atoms with Gasteiger partial charge in [0.2, 0.25) is 22.7 Å². The second-order valence-corrected chi connectivity index (χ2v) is 11.6. The maximum atomic E-state index is 5.56. The van der Waals surface area contributed by atoms with E-state index < -0.39 is 8.07 Å². The van der Waals surface area contributed by atoms with Gasteiger partial charge in [0.1, 0.15) is 0 Å². The molecule has 0 aliphatic heterocycles. The molecular formula is C18H16N4O2S2Si. The minimum atomic E-state index is -2.44. The summed E-state index contributed by atoms with van der Waals surface area (Å²) in [6, 6.07) is 15.2. The van der Waals surface area contributed by atoms with Crippen molar-refractivity contribution in [3.63, 3.8) is 0 Å².